The molecule has 1 saturated heterocycles. The molecule has 1 amide bonds. The summed E-state index contributed by atoms with van der Waals surface area (Å²) in [6, 6.07) is 11.0. The summed E-state index contributed by atoms with van der Waals surface area (Å²) in [7, 11) is -1.95. The molecule has 1 N–H and O–H groups in total. The van der Waals surface area contributed by atoms with E-state index in [-0.39, 0.29) is 29.4 Å². The molecule has 0 saturated carbocycles. The number of aromatic nitrogens is 2. The first kappa shape index (κ1) is 22.1. The van der Waals surface area contributed by atoms with Crippen molar-refractivity contribution < 1.29 is 22.3 Å². The van der Waals surface area contributed by atoms with E-state index in [0.717, 1.165) is 0 Å². The van der Waals surface area contributed by atoms with E-state index >= 15 is 0 Å². The fourth-order valence-electron chi connectivity index (χ4n) is 3.56. The summed E-state index contributed by atoms with van der Waals surface area (Å²) < 4.78 is 47.7. The number of hydrogen-bond donors (Lipinski definition) is 1. The summed E-state index contributed by atoms with van der Waals surface area (Å²) in [5, 5.41) is 2.90. The van der Waals surface area contributed by atoms with Gasteiger partial charge in [-0.2, -0.15) is 4.31 Å². The van der Waals surface area contributed by atoms with Crippen LogP contribution in [0.1, 0.15) is 27.8 Å². The molecule has 1 atom stereocenters. The van der Waals surface area contributed by atoms with Crippen LogP contribution in [0, 0.1) is 5.82 Å². The fraction of sp³-hybridized carbons (Fsp3) is 0.273. The number of halogens is 1. The van der Waals surface area contributed by atoms with Crippen molar-refractivity contribution >= 4 is 15.9 Å². The lowest BCUT2D eigenvalue weighted by molar-refractivity contribution is 0.0730. The molecule has 4 rings (SSSR count). The maximum absolute atomic E-state index is 13.4. The molecular weight excluding hydrogens is 435 g/mol. The number of sulfonamides is 1. The fourth-order valence-corrected chi connectivity index (χ4v) is 5.01. The molecule has 0 unspecified atom stereocenters. The third-order valence-corrected chi connectivity index (χ3v) is 7.19. The number of nitrogens with zero attached hydrogens (tertiary/aromatic N) is 3. The Bertz CT molecular complexity index is 1200. The van der Waals surface area contributed by atoms with Crippen LogP contribution in [0.15, 0.2) is 65.8 Å². The van der Waals surface area contributed by atoms with E-state index in [1.54, 1.807) is 42.2 Å². The molecular formula is C22H23FN4O4S. The average Bonchev–Trinajstić information content (AvgIpc) is 3.24. The Morgan fingerprint density at radius 2 is 1.88 bits per heavy atom. The Labute approximate surface area is 185 Å². The van der Waals surface area contributed by atoms with E-state index < -0.39 is 22.0 Å². The van der Waals surface area contributed by atoms with Gasteiger partial charge in [-0.1, -0.05) is 18.2 Å². The van der Waals surface area contributed by atoms with Crippen molar-refractivity contribution in [3.05, 3.63) is 83.7 Å². The van der Waals surface area contributed by atoms with Gasteiger partial charge in [0.25, 0.3) is 5.91 Å². The van der Waals surface area contributed by atoms with E-state index in [0.29, 0.717) is 24.6 Å². The minimum Gasteiger partial charge on any atom is -0.379 e. The van der Waals surface area contributed by atoms with Crippen LogP contribution in [0.4, 0.5) is 4.39 Å². The Hall–Kier alpha value is -3.08. The smallest absolute Gasteiger partial charge is 0.252 e. The zero-order valence-corrected chi connectivity index (χ0v) is 18.3. The molecule has 0 radical (unpaired) electrons. The summed E-state index contributed by atoms with van der Waals surface area (Å²) in [4.78, 5) is 17.5. The zero-order valence-electron chi connectivity index (χ0n) is 17.4. The lowest BCUT2D eigenvalue weighted by atomic mass is 10.1. The molecule has 1 aliphatic rings. The molecule has 3 aromatic rings. The predicted octanol–water partition coefficient (Wildman–Crippen LogP) is 2.10. The summed E-state index contributed by atoms with van der Waals surface area (Å²) in [5.41, 5.74) is 0.840. The normalized spacial score (nSPS) is 15.9. The first-order valence-electron chi connectivity index (χ1n) is 10.1. The highest BCUT2D eigenvalue weighted by Crippen LogP contribution is 2.23. The van der Waals surface area contributed by atoms with Crippen LogP contribution in [0.25, 0.3) is 0 Å². The van der Waals surface area contributed by atoms with Crippen molar-refractivity contribution in [2.75, 3.05) is 26.3 Å². The van der Waals surface area contributed by atoms with Gasteiger partial charge in [-0.05, 0) is 35.9 Å². The Morgan fingerprint density at radius 3 is 2.53 bits per heavy atom. The number of nitrogens with one attached hydrogen (secondary N) is 1. The molecule has 10 heteroatoms. The van der Waals surface area contributed by atoms with Gasteiger partial charge in [-0.25, -0.2) is 17.8 Å². The van der Waals surface area contributed by atoms with Crippen LogP contribution >= 0.6 is 0 Å². The maximum Gasteiger partial charge on any atom is 0.252 e. The standard InChI is InChI=1S/C22H23FN4O4S/c1-26-10-9-24-21(26)20(16-5-7-18(23)8-6-16)25-22(28)17-3-2-4-19(15-17)32(29,30)27-11-13-31-14-12-27/h2-10,15,20H,11-14H2,1H3,(H,25,28)/t20-/m0/s1. The largest absolute Gasteiger partial charge is 0.379 e. The summed E-state index contributed by atoms with van der Waals surface area (Å²) in [6.45, 7) is 1.21. The van der Waals surface area contributed by atoms with E-state index in [1.165, 1.54) is 34.6 Å². The highest BCUT2D eigenvalue weighted by Gasteiger charge is 2.27. The second-order valence-corrected chi connectivity index (χ2v) is 9.34. The van der Waals surface area contributed by atoms with Gasteiger partial charge in [0, 0.05) is 38.1 Å². The third kappa shape index (κ3) is 4.57. The number of hydrogen-bond acceptors (Lipinski definition) is 5. The maximum atomic E-state index is 13.4. The van der Waals surface area contributed by atoms with Gasteiger partial charge in [0.15, 0.2) is 0 Å². The van der Waals surface area contributed by atoms with Gasteiger partial charge in [0.05, 0.1) is 18.1 Å². The van der Waals surface area contributed by atoms with Crippen molar-refractivity contribution in [2.24, 2.45) is 7.05 Å². The van der Waals surface area contributed by atoms with Crippen LogP contribution in [0.5, 0.6) is 0 Å². The van der Waals surface area contributed by atoms with Crippen molar-refractivity contribution in [3.8, 4) is 0 Å². The van der Waals surface area contributed by atoms with Crippen LogP contribution in [0.2, 0.25) is 0 Å². The van der Waals surface area contributed by atoms with Crippen LogP contribution < -0.4 is 5.32 Å². The van der Waals surface area contributed by atoms with Gasteiger partial charge in [0.2, 0.25) is 10.0 Å². The lowest BCUT2D eigenvalue weighted by Gasteiger charge is -2.26. The van der Waals surface area contributed by atoms with E-state index in [2.05, 4.69) is 10.3 Å². The number of rotatable bonds is 6. The molecule has 8 nitrogen and oxygen atoms in total. The Balaban J connectivity index is 1.62. The van der Waals surface area contributed by atoms with Crippen molar-refractivity contribution in [3.63, 3.8) is 0 Å². The number of carbonyl (C=O) groups excluding carboxylic acids is 1. The molecule has 1 aromatic heterocycles. The monoisotopic (exact) mass is 458 g/mol. The van der Waals surface area contributed by atoms with Crippen molar-refractivity contribution in [1.29, 1.82) is 0 Å². The molecule has 1 fully saturated rings. The molecule has 2 aromatic carbocycles. The SMILES string of the molecule is Cn1ccnc1[C@@H](NC(=O)c1cccc(S(=O)(=O)N2CCOCC2)c1)c1ccc(F)cc1. The molecule has 0 bridgehead atoms. The van der Waals surface area contributed by atoms with Crippen LogP contribution in [0.3, 0.4) is 0 Å². The summed E-state index contributed by atoms with van der Waals surface area (Å²) >= 11 is 0. The first-order valence-corrected chi connectivity index (χ1v) is 11.5. The molecule has 168 valence electrons. The third-order valence-electron chi connectivity index (χ3n) is 5.30. The minimum atomic E-state index is -3.74. The van der Waals surface area contributed by atoms with Crippen LogP contribution in [-0.2, 0) is 21.8 Å². The molecule has 32 heavy (non-hydrogen) atoms. The topological polar surface area (TPSA) is 93.5 Å². The van der Waals surface area contributed by atoms with E-state index in [1.807, 2.05) is 0 Å². The number of ether oxygens (including phenoxy) is 1. The number of carbonyl (C=O) groups is 1. The zero-order chi connectivity index (χ0) is 22.7. The lowest BCUT2D eigenvalue weighted by Crippen LogP contribution is -2.40. The highest BCUT2D eigenvalue weighted by molar-refractivity contribution is 7.89. The van der Waals surface area contributed by atoms with Crippen molar-refractivity contribution in [2.45, 2.75) is 10.9 Å². The summed E-state index contributed by atoms with van der Waals surface area (Å²) in [6.07, 6.45) is 3.35. The number of benzene rings is 2. The number of aryl methyl sites for hydroxylation is 1. The van der Waals surface area contributed by atoms with Crippen LogP contribution in [-0.4, -0.2) is 54.5 Å². The predicted molar refractivity (Wildman–Crippen MR) is 115 cm³/mol. The number of amides is 1. The molecule has 0 aliphatic carbocycles. The summed E-state index contributed by atoms with van der Waals surface area (Å²) in [5.74, 6) is -0.303. The molecule has 1 aliphatic heterocycles. The first-order chi connectivity index (χ1) is 15.4. The van der Waals surface area contributed by atoms with Gasteiger partial charge < -0.3 is 14.6 Å². The van der Waals surface area contributed by atoms with E-state index in [4.69, 9.17) is 4.74 Å². The van der Waals surface area contributed by atoms with Gasteiger partial charge in [-0.15, -0.1) is 0 Å². The van der Waals surface area contributed by atoms with Gasteiger partial charge >= 0.3 is 0 Å². The minimum absolute atomic E-state index is 0.0439. The van der Waals surface area contributed by atoms with Crippen molar-refractivity contribution in [1.82, 2.24) is 19.2 Å². The number of imidazole rings is 1. The highest BCUT2D eigenvalue weighted by atomic mass is 32.2. The van der Waals surface area contributed by atoms with Gasteiger partial charge in [0.1, 0.15) is 17.7 Å². The second kappa shape index (κ2) is 9.19. The van der Waals surface area contributed by atoms with Gasteiger partial charge in [-0.3, -0.25) is 4.79 Å². The quantitative estimate of drug-likeness (QED) is 0.611. The second-order valence-electron chi connectivity index (χ2n) is 7.40. The Kier molecular flexibility index (Phi) is 6.35. The molecule has 0 spiro atoms. The Morgan fingerprint density at radius 1 is 1.16 bits per heavy atom. The number of morpholine rings is 1. The van der Waals surface area contributed by atoms with E-state index in [9.17, 15) is 17.6 Å². The average molecular weight is 459 g/mol. The molecule has 2 heterocycles.